The molecule has 1 aliphatic rings. The van der Waals surface area contributed by atoms with Gasteiger partial charge in [-0.15, -0.1) is 0 Å². The third-order valence-electron chi connectivity index (χ3n) is 5.77. The number of carbonyl (C=O) groups excluding carboxylic acids is 1. The van der Waals surface area contributed by atoms with Gasteiger partial charge in [-0.1, -0.05) is 25.4 Å². The molecule has 1 atom stereocenters. The number of hydrogen-bond acceptors (Lipinski definition) is 4. The van der Waals surface area contributed by atoms with Gasteiger partial charge in [0.1, 0.15) is 0 Å². The molecule has 0 spiro atoms. The fraction of sp³-hybridized carbons (Fsp3) is 0.579. The van der Waals surface area contributed by atoms with Gasteiger partial charge in [0.15, 0.2) is 0 Å². The SMILES string of the molecule is CC(C)(C1CCN(C(=O)CCO)CC1)C(O)c1cc(Cl)cc2cn[nH]c12. The minimum atomic E-state index is -0.700. The lowest BCUT2D eigenvalue weighted by Gasteiger charge is -2.43. The minimum absolute atomic E-state index is 0.00156. The quantitative estimate of drug-likeness (QED) is 0.745. The highest BCUT2D eigenvalue weighted by molar-refractivity contribution is 6.31. The number of piperidine rings is 1. The summed E-state index contributed by atoms with van der Waals surface area (Å²) >= 11 is 6.23. The van der Waals surface area contributed by atoms with Crippen LogP contribution in [0.25, 0.3) is 10.9 Å². The van der Waals surface area contributed by atoms with Crippen LogP contribution in [0.5, 0.6) is 0 Å². The number of nitrogens with zero attached hydrogens (tertiary/aromatic N) is 2. The number of aromatic nitrogens is 2. The zero-order valence-electron chi connectivity index (χ0n) is 15.2. The van der Waals surface area contributed by atoms with E-state index in [1.54, 1.807) is 12.3 Å². The molecule has 7 heteroatoms. The summed E-state index contributed by atoms with van der Waals surface area (Å²) in [7, 11) is 0. The molecule has 2 heterocycles. The fourth-order valence-corrected chi connectivity index (χ4v) is 4.25. The van der Waals surface area contributed by atoms with E-state index in [-0.39, 0.29) is 30.3 Å². The fourth-order valence-electron chi connectivity index (χ4n) is 4.01. The summed E-state index contributed by atoms with van der Waals surface area (Å²) in [4.78, 5) is 13.8. The number of amides is 1. The summed E-state index contributed by atoms with van der Waals surface area (Å²) in [6, 6.07) is 3.63. The van der Waals surface area contributed by atoms with Crippen molar-refractivity contribution >= 4 is 28.4 Å². The highest BCUT2D eigenvalue weighted by Gasteiger charge is 2.40. The number of H-pyrrole nitrogens is 1. The van der Waals surface area contributed by atoms with E-state index < -0.39 is 6.10 Å². The zero-order chi connectivity index (χ0) is 18.9. The Bertz CT molecular complexity index is 781. The van der Waals surface area contributed by atoms with E-state index in [2.05, 4.69) is 24.0 Å². The van der Waals surface area contributed by atoms with Gasteiger partial charge in [-0.3, -0.25) is 9.89 Å². The van der Waals surface area contributed by atoms with Gasteiger partial charge in [-0.05, 0) is 36.3 Å². The molecular weight excluding hydrogens is 354 g/mol. The average molecular weight is 380 g/mol. The molecule has 26 heavy (non-hydrogen) atoms. The molecule has 0 bridgehead atoms. The van der Waals surface area contributed by atoms with Gasteiger partial charge in [0, 0.05) is 35.5 Å². The summed E-state index contributed by atoms with van der Waals surface area (Å²) in [5, 5.41) is 28.6. The van der Waals surface area contributed by atoms with Crippen LogP contribution >= 0.6 is 11.6 Å². The lowest BCUT2D eigenvalue weighted by atomic mass is 9.68. The van der Waals surface area contributed by atoms with Crippen molar-refractivity contribution in [2.75, 3.05) is 19.7 Å². The number of benzene rings is 1. The van der Waals surface area contributed by atoms with E-state index in [0.29, 0.717) is 18.1 Å². The summed E-state index contributed by atoms with van der Waals surface area (Å²) in [5.41, 5.74) is 1.19. The second kappa shape index (κ2) is 7.55. The van der Waals surface area contributed by atoms with Gasteiger partial charge < -0.3 is 15.1 Å². The Morgan fingerprint density at radius 2 is 2.12 bits per heavy atom. The van der Waals surface area contributed by atoms with Gasteiger partial charge in [-0.25, -0.2) is 0 Å². The maximum atomic E-state index is 12.0. The number of aliphatic hydroxyl groups is 2. The molecule has 0 aliphatic carbocycles. The molecule has 1 unspecified atom stereocenters. The largest absolute Gasteiger partial charge is 0.396 e. The van der Waals surface area contributed by atoms with Gasteiger partial charge >= 0.3 is 0 Å². The van der Waals surface area contributed by atoms with Crippen molar-refractivity contribution in [2.24, 2.45) is 11.3 Å². The van der Waals surface area contributed by atoms with Crippen molar-refractivity contribution in [1.82, 2.24) is 15.1 Å². The van der Waals surface area contributed by atoms with Crippen LogP contribution in [-0.2, 0) is 4.79 Å². The molecule has 0 radical (unpaired) electrons. The van der Waals surface area contributed by atoms with E-state index in [4.69, 9.17) is 16.7 Å². The maximum absolute atomic E-state index is 12.0. The number of likely N-dealkylation sites (tertiary alicyclic amines) is 1. The van der Waals surface area contributed by atoms with Gasteiger partial charge in [-0.2, -0.15) is 5.10 Å². The number of aliphatic hydroxyl groups excluding tert-OH is 2. The van der Waals surface area contributed by atoms with Crippen molar-refractivity contribution in [3.63, 3.8) is 0 Å². The molecule has 1 fully saturated rings. The van der Waals surface area contributed by atoms with Crippen LogP contribution in [0.4, 0.5) is 0 Å². The zero-order valence-corrected chi connectivity index (χ0v) is 16.0. The lowest BCUT2D eigenvalue weighted by Crippen LogP contribution is -2.43. The Morgan fingerprint density at radius 1 is 1.42 bits per heavy atom. The molecule has 6 nitrogen and oxygen atoms in total. The predicted octanol–water partition coefficient (Wildman–Crippen LogP) is 2.90. The van der Waals surface area contributed by atoms with Crippen LogP contribution in [0.3, 0.4) is 0 Å². The summed E-state index contributed by atoms with van der Waals surface area (Å²) in [5.74, 6) is 0.269. The number of hydrogen-bond donors (Lipinski definition) is 3. The lowest BCUT2D eigenvalue weighted by molar-refractivity contribution is -0.134. The van der Waals surface area contributed by atoms with Crippen molar-refractivity contribution in [1.29, 1.82) is 0 Å². The molecule has 1 amide bonds. The number of rotatable bonds is 5. The van der Waals surface area contributed by atoms with Crippen molar-refractivity contribution in [2.45, 2.75) is 39.2 Å². The number of fused-ring (bicyclic) bond motifs is 1. The first-order valence-electron chi connectivity index (χ1n) is 9.03. The Balaban J connectivity index is 1.77. The smallest absolute Gasteiger partial charge is 0.224 e. The number of nitrogens with one attached hydrogen (secondary N) is 1. The Labute approximate surface area is 158 Å². The summed E-state index contributed by atoms with van der Waals surface area (Å²) in [6.07, 6.45) is 2.84. The number of aromatic amines is 1. The van der Waals surface area contributed by atoms with Crippen LogP contribution in [0, 0.1) is 11.3 Å². The van der Waals surface area contributed by atoms with E-state index in [0.717, 1.165) is 29.3 Å². The molecule has 1 aliphatic heterocycles. The standard InChI is InChI=1S/C19H26ClN3O3/c1-19(2,13-3-6-23(7-4-13)16(25)5-8-24)18(26)15-10-14(20)9-12-11-21-22-17(12)15/h9-11,13,18,24,26H,3-8H2,1-2H3,(H,21,22). The highest BCUT2D eigenvalue weighted by Crippen LogP contribution is 2.46. The second-order valence-electron chi connectivity index (χ2n) is 7.68. The Kier molecular flexibility index (Phi) is 5.55. The van der Waals surface area contributed by atoms with Crippen molar-refractivity contribution < 1.29 is 15.0 Å². The summed E-state index contributed by atoms with van der Waals surface area (Å²) in [6.45, 7) is 5.34. The Hall–Kier alpha value is -1.63. The minimum Gasteiger partial charge on any atom is -0.396 e. The summed E-state index contributed by atoms with van der Waals surface area (Å²) < 4.78 is 0. The number of carbonyl (C=O) groups is 1. The van der Waals surface area contributed by atoms with Gasteiger partial charge in [0.05, 0.1) is 24.4 Å². The molecule has 3 N–H and O–H groups in total. The van der Waals surface area contributed by atoms with E-state index in [1.165, 1.54) is 0 Å². The van der Waals surface area contributed by atoms with Crippen LogP contribution in [0.2, 0.25) is 5.02 Å². The van der Waals surface area contributed by atoms with Crippen molar-refractivity contribution in [3.05, 3.63) is 28.9 Å². The first-order chi connectivity index (χ1) is 12.3. The van der Waals surface area contributed by atoms with Crippen LogP contribution in [0.1, 0.15) is 44.8 Å². The van der Waals surface area contributed by atoms with Crippen molar-refractivity contribution in [3.8, 4) is 0 Å². The van der Waals surface area contributed by atoms with Crippen LogP contribution in [0.15, 0.2) is 18.3 Å². The maximum Gasteiger partial charge on any atom is 0.224 e. The average Bonchev–Trinajstić information content (AvgIpc) is 3.09. The van der Waals surface area contributed by atoms with Gasteiger partial charge in [0.2, 0.25) is 5.91 Å². The second-order valence-corrected chi connectivity index (χ2v) is 8.12. The van der Waals surface area contributed by atoms with Crippen LogP contribution in [-0.4, -0.2) is 50.9 Å². The van der Waals surface area contributed by atoms with E-state index >= 15 is 0 Å². The monoisotopic (exact) mass is 379 g/mol. The molecule has 1 saturated heterocycles. The molecule has 0 saturated carbocycles. The topological polar surface area (TPSA) is 89.5 Å². The van der Waals surface area contributed by atoms with E-state index in [1.807, 2.05) is 11.0 Å². The molecule has 3 rings (SSSR count). The molecular formula is C19H26ClN3O3. The normalized spacial score (nSPS) is 17.7. The Morgan fingerprint density at radius 3 is 2.77 bits per heavy atom. The van der Waals surface area contributed by atoms with Gasteiger partial charge in [0.25, 0.3) is 0 Å². The molecule has 1 aromatic heterocycles. The third-order valence-corrected chi connectivity index (χ3v) is 5.99. The molecule has 1 aromatic carbocycles. The van der Waals surface area contributed by atoms with Crippen LogP contribution < -0.4 is 0 Å². The predicted molar refractivity (Wildman–Crippen MR) is 101 cm³/mol. The third kappa shape index (κ3) is 3.59. The number of halogens is 1. The first kappa shape index (κ1) is 19.1. The molecule has 2 aromatic rings. The molecule has 142 valence electrons. The van der Waals surface area contributed by atoms with E-state index in [9.17, 15) is 9.90 Å². The first-order valence-corrected chi connectivity index (χ1v) is 9.41. The highest BCUT2D eigenvalue weighted by atomic mass is 35.5.